The minimum absolute atomic E-state index is 0.0887. The van der Waals surface area contributed by atoms with Crippen LogP contribution in [-0.2, 0) is 9.53 Å². The summed E-state index contributed by atoms with van der Waals surface area (Å²) in [6, 6.07) is 7.61. The minimum atomic E-state index is -0.548. The molecule has 2 heterocycles. The number of hydrogen-bond donors (Lipinski definition) is 1. The van der Waals surface area contributed by atoms with Gasteiger partial charge in [-0.05, 0) is 52.3 Å². The van der Waals surface area contributed by atoms with E-state index in [-0.39, 0.29) is 23.6 Å². The van der Waals surface area contributed by atoms with Gasteiger partial charge in [-0.3, -0.25) is 14.3 Å². The van der Waals surface area contributed by atoms with Gasteiger partial charge in [0.05, 0.1) is 5.52 Å². The van der Waals surface area contributed by atoms with E-state index in [2.05, 4.69) is 10.00 Å². The number of fused-ring (bicyclic) bond motifs is 1. The van der Waals surface area contributed by atoms with Crippen molar-refractivity contribution >= 4 is 22.7 Å². The average molecular weight is 402 g/mol. The number of likely N-dealkylation sites (tertiary alicyclic amines) is 1. The molecular weight excluding hydrogens is 370 g/mol. The molecule has 29 heavy (non-hydrogen) atoms. The molecule has 1 saturated heterocycles. The van der Waals surface area contributed by atoms with Crippen molar-refractivity contribution in [3.63, 3.8) is 0 Å². The number of carbonyl (C=O) groups is 2. The molecule has 1 aliphatic rings. The Morgan fingerprint density at radius 2 is 1.97 bits per heavy atom. The number of para-hydroxylation sites is 1. The molecule has 0 aliphatic carbocycles. The normalized spacial score (nSPS) is 15.9. The molecule has 0 radical (unpaired) electrons. The SMILES string of the molecule is COCCCN1CCC(C(=O)N(N)C(=O)c2nn(C(C)C)c3ccccc23)CC1. The molecule has 0 unspecified atom stereocenters. The fraction of sp³-hybridized carbons (Fsp3) is 0.571. The van der Waals surface area contributed by atoms with Gasteiger partial charge in [-0.15, -0.1) is 0 Å². The zero-order valence-corrected chi connectivity index (χ0v) is 17.5. The highest BCUT2D eigenvalue weighted by atomic mass is 16.5. The minimum Gasteiger partial charge on any atom is -0.385 e. The Bertz CT molecular complexity index is 855. The van der Waals surface area contributed by atoms with Crippen LogP contribution in [0.25, 0.3) is 10.9 Å². The van der Waals surface area contributed by atoms with Crippen LogP contribution in [0.2, 0.25) is 0 Å². The van der Waals surface area contributed by atoms with E-state index in [1.54, 1.807) is 11.8 Å². The van der Waals surface area contributed by atoms with E-state index in [9.17, 15) is 9.59 Å². The summed E-state index contributed by atoms with van der Waals surface area (Å²) >= 11 is 0. The lowest BCUT2D eigenvalue weighted by Crippen LogP contribution is -2.48. The van der Waals surface area contributed by atoms with Crippen LogP contribution in [0.4, 0.5) is 0 Å². The Kier molecular flexibility index (Phi) is 7.00. The number of amides is 2. The van der Waals surface area contributed by atoms with E-state index in [0.717, 1.165) is 43.2 Å². The molecule has 8 nitrogen and oxygen atoms in total. The molecule has 3 rings (SSSR count). The average Bonchev–Trinajstić information content (AvgIpc) is 3.13. The van der Waals surface area contributed by atoms with Crippen molar-refractivity contribution in [2.45, 2.75) is 39.2 Å². The van der Waals surface area contributed by atoms with Gasteiger partial charge in [-0.1, -0.05) is 18.2 Å². The van der Waals surface area contributed by atoms with Crippen LogP contribution in [0.5, 0.6) is 0 Å². The van der Waals surface area contributed by atoms with Crippen LogP contribution in [0, 0.1) is 5.92 Å². The first-order valence-corrected chi connectivity index (χ1v) is 10.3. The Labute approximate surface area is 171 Å². The van der Waals surface area contributed by atoms with Crippen molar-refractivity contribution in [2.75, 3.05) is 33.4 Å². The monoisotopic (exact) mass is 401 g/mol. The molecule has 0 bridgehead atoms. The summed E-state index contributed by atoms with van der Waals surface area (Å²) in [6.45, 7) is 7.35. The highest BCUT2D eigenvalue weighted by Crippen LogP contribution is 2.24. The summed E-state index contributed by atoms with van der Waals surface area (Å²) in [4.78, 5) is 28.2. The van der Waals surface area contributed by atoms with Crippen LogP contribution in [0.3, 0.4) is 0 Å². The predicted octanol–water partition coefficient (Wildman–Crippen LogP) is 2.21. The molecule has 158 valence electrons. The van der Waals surface area contributed by atoms with Crippen molar-refractivity contribution < 1.29 is 14.3 Å². The molecule has 1 aromatic heterocycles. The summed E-state index contributed by atoms with van der Waals surface area (Å²) in [5, 5.41) is 5.94. The smallest absolute Gasteiger partial charge is 0.295 e. The number of methoxy groups -OCH3 is 1. The fourth-order valence-electron chi connectivity index (χ4n) is 3.89. The van der Waals surface area contributed by atoms with E-state index >= 15 is 0 Å². The number of hydrazine groups is 1. The van der Waals surface area contributed by atoms with E-state index < -0.39 is 5.91 Å². The van der Waals surface area contributed by atoms with Crippen LogP contribution in [0.1, 0.15) is 49.6 Å². The highest BCUT2D eigenvalue weighted by molar-refractivity contribution is 6.10. The van der Waals surface area contributed by atoms with E-state index in [0.29, 0.717) is 18.2 Å². The number of benzene rings is 1. The van der Waals surface area contributed by atoms with Gasteiger partial charge >= 0.3 is 0 Å². The van der Waals surface area contributed by atoms with Crippen LogP contribution >= 0.6 is 0 Å². The summed E-state index contributed by atoms with van der Waals surface area (Å²) in [5.41, 5.74) is 1.08. The zero-order chi connectivity index (χ0) is 21.0. The molecule has 0 saturated carbocycles. The Balaban J connectivity index is 1.68. The Morgan fingerprint density at radius 1 is 1.28 bits per heavy atom. The predicted molar refractivity (Wildman–Crippen MR) is 111 cm³/mol. The molecule has 8 heteroatoms. The van der Waals surface area contributed by atoms with E-state index in [1.165, 1.54) is 0 Å². The van der Waals surface area contributed by atoms with Gasteiger partial charge in [-0.2, -0.15) is 5.10 Å². The number of ether oxygens (including phenoxy) is 1. The first-order valence-electron chi connectivity index (χ1n) is 10.3. The van der Waals surface area contributed by atoms with Gasteiger partial charge < -0.3 is 9.64 Å². The lowest BCUT2D eigenvalue weighted by Gasteiger charge is -2.32. The third-order valence-electron chi connectivity index (χ3n) is 5.52. The van der Waals surface area contributed by atoms with Crippen LogP contribution in [0.15, 0.2) is 24.3 Å². The summed E-state index contributed by atoms with van der Waals surface area (Å²) in [7, 11) is 1.70. The number of piperidine rings is 1. The van der Waals surface area contributed by atoms with Crippen molar-refractivity contribution in [3.05, 3.63) is 30.0 Å². The maximum absolute atomic E-state index is 13.0. The van der Waals surface area contributed by atoms with Crippen molar-refractivity contribution in [1.29, 1.82) is 0 Å². The van der Waals surface area contributed by atoms with Gasteiger partial charge in [0.1, 0.15) is 0 Å². The molecule has 1 fully saturated rings. The summed E-state index contributed by atoms with van der Waals surface area (Å²) < 4.78 is 6.88. The molecule has 0 spiro atoms. The number of nitrogens with two attached hydrogens (primary N) is 1. The third kappa shape index (κ3) is 4.66. The van der Waals surface area contributed by atoms with Crippen molar-refractivity contribution in [3.8, 4) is 0 Å². The number of nitrogens with zero attached hydrogens (tertiary/aromatic N) is 4. The second-order valence-electron chi connectivity index (χ2n) is 7.88. The van der Waals surface area contributed by atoms with Crippen molar-refractivity contribution in [1.82, 2.24) is 19.7 Å². The molecule has 2 amide bonds. The number of carbonyl (C=O) groups excluding carboxylic acids is 2. The number of hydrogen-bond acceptors (Lipinski definition) is 6. The van der Waals surface area contributed by atoms with E-state index in [4.69, 9.17) is 10.6 Å². The fourth-order valence-corrected chi connectivity index (χ4v) is 3.89. The first-order chi connectivity index (χ1) is 13.9. The lowest BCUT2D eigenvalue weighted by molar-refractivity contribution is -0.134. The maximum atomic E-state index is 13.0. The number of imide groups is 1. The number of aromatic nitrogens is 2. The Morgan fingerprint density at radius 3 is 2.62 bits per heavy atom. The molecule has 1 aromatic carbocycles. The van der Waals surface area contributed by atoms with Gasteiger partial charge in [0, 0.05) is 37.6 Å². The second kappa shape index (κ2) is 9.47. The molecular formula is C21H31N5O3. The van der Waals surface area contributed by atoms with Crippen LogP contribution < -0.4 is 5.84 Å². The quantitative estimate of drug-likeness (QED) is 0.251. The summed E-state index contributed by atoms with van der Waals surface area (Å²) in [6.07, 6.45) is 2.38. The molecule has 2 aromatic rings. The molecule has 2 N–H and O–H groups in total. The van der Waals surface area contributed by atoms with Gasteiger partial charge in [-0.25, -0.2) is 10.9 Å². The largest absolute Gasteiger partial charge is 0.385 e. The molecule has 1 aliphatic heterocycles. The first kappa shape index (κ1) is 21.4. The topological polar surface area (TPSA) is 93.7 Å². The van der Waals surface area contributed by atoms with E-state index in [1.807, 2.05) is 38.1 Å². The zero-order valence-electron chi connectivity index (χ0n) is 17.5. The summed E-state index contributed by atoms with van der Waals surface area (Å²) in [5.74, 6) is 4.88. The lowest BCUT2D eigenvalue weighted by atomic mass is 9.95. The third-order valence-corrected chi connectivity index (χ3v) is 5.52. The van der Waals surface area contributed by atoms with Gasteiger partial charge in [0.15, 0.2) is 5.69 Å². The Hall–Kier alpha value is -2.29. The standard InChI is InChI=1S/C21H31N5O3/c1-15(2)26-18-8-5-4-7-17(18)19(23-26)21(28)25(22)20(27)16-9-12-24(13-10-16)11-6-14-29-3/h4-5,7-8,15-16H,6,9-14,22H2,1-3H3. The second-order valence-corrected chi connectivity index (χ2v) is 7.88. The van der Waals surface area contributed by atoms with Crippen molar-refractivity contribution in [2.24, 2.45) is 11.8 Å². The number of rotatable bonds is 7. The van der Waals surface area contributed by atoms with Gasteiger partial charge in [0.25, 0.3) is 5.91 Å². The van der Waals surface area contributed by atoms with Crippen LogP contribution in [-0.4, -0.2) is 64.9 Å². The molecule has 0 atom stereocenters. The van der Waals surface area contributed by atoms with Gasteiger partial charge in [0.2, 0.25) is 5.91 Å². The maximum Gasteiger partial charge on any atom is 0.295 e. The highest BCUT2D eigenvalue weighted by Gasteiger charge is 2.32.